The molecule has 10 heteroatoms. The number of hydrogen-bond donors (Lipinski definition) is 3. The zero-order valence-electron chi connectivity index (χ0n) is 15.2. The average Bonchev–Trinajstić information content (AvgIpc) is 2.63. The topological polar surface area (TPSA) is 114 Å². The number of nitrogens with one attached hydrogen (secondary N) is 3. The fourth-order valence-corrected chi connectivity index (χ4v) is 3.51. The molecule has 0 saturated heterocycles. The standard InChI is InChI=1S/C18H20FN3O5S/c1-12(22-28(25,26)16-6-4-3-5-15(16)19)18(24)21-14-9-7-13(8-10-14)20-17(23)11-27-2/h3-10,12,22H,11H2,1-2H3,(H,20,23)(H,21,24)/t12-/m0/s1. The van der Waals surface area contributed by atoms with Crippen molar-refractivity contribution in [1.29, 1.82) is 0 Å². The predicted molar refractivity (Wildman–Crippen MR) is 102 cm³/mol. The summed E-state index contributed by atoms with van der Waals surface area (Å²) in [4.78, 5) is 23.1. The van der Waals surface area contributed by atoms with Crippen molar-refractivity contribution in [2.24, 2.45) is 0 Å². The highest BCUT2D eigenvalue weighted by Crippen LogP contribution is 2.16. The number of amides is 2. The highest BCUT2D eigenvalue weighted by molar-refractivity contribution is 7.89. The first-order valence-electron chi connectivity index (χ1n) is 8.19. The van der Waals surface area contributed by atoms with E-state index < -0.39 is 32.7 Å². The summed E-state index contributed by atoms with van der Waals surface area (Å²) in [6.45, 7) is 1.26. The van der Waals surface area contributed by atoms with Crippen LogP contribution in [-0.2, 0) is 24.3 Å². The highest BCUT2D eigenvalue weighted by Gasteiger charge is 2.24. The molecule has 28 heavy (non-hydrogen) atoms. The van der Waals surface area contributed by atoms with Gasteiger partial charge in [0.15, 0.2) is 0 Å². The Morgan fingerprint density at radius 1 is 1.04 bits per heavy atom. The number of carbonyl (C=O) groups is 2. The summed E-state index contributed by atoms with van der Waals surface area (Å²) in [6.07, 6.45) is 0. The number of benzene rings is 2. The number of halogens is 1. The van der Waals surface area contributed by atoms with E-state index in [1.54, 1.807) is 24.3 Å². The van der Waals surface area contributed by atoms with Crippen LogP contribution in [0.25, 0.3) is 0 Å². The van der Waals surface area contributed by atoms with Crippen LogP contribution in [0.3, 0.4) is 0 Å². The second-order valence-electron chi connectivity index (χ2n) is 5.82. The molecule has 0 radical (unpaired) electrons. The van der Waals surface area contributed by atoms with Crippen LogP contribution in [0.2, 0.25) is 0 Å². The zero-order chi connectivity index (χ0) is 20.7. The van der Waals surface area contributed by atoms with E-state index in [1.807, 2.05) is 0 Å². The van der Waals surface area contributed by atoms with Gasteiger partial charge < -0.3 is 15.4 Å². The van der Waals surface area contributed by atoms with E-state index in [9.17, 15) is 22.4 Å². The molecule has 8 nitrogen and oxygen atoms in total. The minimum absolute atomic E-state index is 0.0852. The Bertz CT molecular complexity index is 948. The average molecular weight is 409 g/mol. The molecule has 0 bridgehead atoms. The van der Waals surface area contributed by atoms with Crippen LogP contribution in [0.4, 0.5) is 15.8 Å². The summed E-state index contributed by atoms with van der Waals surface area (Å²) in [6, 6.07) is 9.95. The molecule has 2 rings (SSSR count). The lowest BCUT2D eigenvalue weighted by Crippen LogP contribution is -2.41. The van der Waals surface area contributed by atoms with Crippen molar-refractivity contribution in [1.82, 2.24) is 4.72 Å². The maximum absolute atomic E-state index is 13.7. The Morgan fingerprint density at radius 3 is 2.18 bits per heavy atom. The summed E-state index contributed by atoms with van der Waals surface area (Å²) < 4.78 is 45.0. The van der Waals surface area contributed by atoms with Crippen LogP contribution in [0, 0.1) is 5.82 Å². The quantitative estimate of drug-likeness (QED) is 0.614. The molecule has 0 saturated carbocycles. The number of hydrogen-bond acceptors (Lipinski definition) is 5. The molecule has 2 aromatic carbocycles. The van der Waals surface area contributed by atoms with Gasteiger partial charge in [0.2, 0.25) is 21.8 Å². The second-order valence-corrected chi connectivity index (χ2v) is 7.50. The number of sulfonamides is 1. The molecule has 3 N–H and O–H groups in total. The van der Waals surface area contributed by atoms with Crippen molar-refractivity contribution in [2.45, 2.75) is 17.9 Å². The van der Waals surface area contributed by atoms with Gasteiger partial charge in [-0.05, 0) is 43.3 Å². The summed E-state index contributed by atoms with van der Waals surface area (Å²) in [5.74, 6) is -1.86. The van der Waals surface area contributed by atoms with Gasteiger partial charge in [-0.1, -0.05) is 12.1 Å². The van der Waals surface area contributed by atoms with Gasteiger partial charge in [-0.3, -0.25) is 9.59 Å². The maximum atomic E-state index is 13.7. The fourth-order valence-electron chi connectivity index (χ4n) is 2.23. The molecule has 0 unspecified atom stereocenters. The third-order valence-electron chi connectivity index (χ3n) is 3.56. The number of carbonyl (C=O) groups excluding carboxylic acids is 2. The second kappa shape index (κ2) is 9.40. The Hall–Kier alpha value is -2.82. The van der Waals surface area contributed by atoms with Crippen molar-refractivity contribution in [2.75, 3.05) is 24.4 Å². The van der Waals surface area contributed by atoms with Crippen LogP contribution in [-0.4, -0.2) is 40.0 Å². The normalized spacial score (nSPS) is 12.2. The summed E-state index contributed by atoms with van der Waals surface area (Å²) in [5.41, 5.74) is 0.903. The van der Waals surface area contributed by atoms with Gasteiger partial charge in [0.05, 0.1) is 6.04 Å². The number of methoxy groups -OCH3 is 1. The van der Waals surface area contributed by atoms with Gasteiger partial charge in [0.25, 0.3) is 0 Å². The summed E-state index contributed by atoms with van der Waals surface area (Å²) >= 11 is 0. The van der Waals surface area contributed by atoms with Gasteiger partial charge in [-0.15, -0.1) is 0 Å². The van der Waals surface area contributed by atoms with Crippen molar-refractivity contribution < 1.29 is 27.1 Å². The van der Waals surface area contributed by atoms with Gasteiger partial charge in [0.1, 0.15) is 17.3 Å². The van der Waals surface area contributed by atoms with E-state index in [-0.39, 0.29) is 12.5 Å². The number of rotatable bonds is 8. The Labute approximate surface area is 162 Å². The van der Waals surface area contributed by atoms with E-state index in [1.165, 1.54) is 26.2 Å². The predicted octanol–water partition coefficient (Wildman–Crippen LogP) is 1.72. The third kappa shape index (κ3) is 5.84. The molecule has 0 aliphatic carbocycles. The van der Waals surface area contributed by atoms with Crippen LogP contribution in [0.15, 0.2) is 53.4 Å². The van der Waals surface area contributed by atoms with Crippen LogP contribution in [0.5, 0.6) is 0 Å². The van der Waals surface area contributed by atoms with E-state index in [0.717, 1.165) is 12.1 Å². The summed E-state index contributed by atoms with van der Waals surface area (Å²) in [7, 11) is -2.80. The molecule has 0 aliphatic heterocycles. The van der Waals surface area contributed by atoms with Gasteiger partial charge in [-0.25, -0.2) is 12.8 Å². The smallest absolute Gasteiger partial charge is 0.250 e. The number of ether oxygens (including phenoxy) is 1. The lowest BCUT2D eigenvalue weighted by atomic mass is 10.2. The molecule has 0 aliphatic rings. The van der Waals surface area contributed by atoms with Crippen molar-refractivity contribution in [3.63, 3.8) is 0 Å². The van der Waals surface area contributed by atoms with E-state index in [4.69, 9.17) is 4.74 Å². The molecule has 150 valence electrons. The molecular formula is C18H20FN3O5S. The lowest BCUT2D eigenvalue weighted by Gasteiger charge is -2.15. The van der Waals surface area contributed by atoms with Gasteiger partial charge >= 0.3 is 0 Å². The fraction of sp³-hybridized carbons (Fsp3) is 0.222. The van der Waals surface area contributed by atoms with Gasteiger partial charge in [-0.2, -0.15) is 4.72 Å². The highest BCUT2D eigenvalue weighted by atomic mass is 32.2. The third-order valence-corrected chi connectivity index (χ3v) is 5.14. The van der Waals surface area contributed by atoms with Crippen molar-refractivity contribution in [3.8, 4) is 0 Å². The Kier molecular flexibility index (Phi) is 7.21. The molecule has 0 fully saturated rings. The Morgan fingerprint density at radius 2 is 1.61 bits per heavy atom. The first kappa shape index (κ1) is 21.5. The molecule has 1 atom stereocenters. The minimum atomic E-state index is -4.20. The van der Waals surface area contributed by atoms with Crippen LogP contribution in [0.1, 0.15) is 6.92 Å². The molecule has 2 amide bonds. The largest absolute Gasteiger partial charge is 0.375 e. The van der Waals surface area contributed by atoms with Crippen molar-refractivity contribution >= 4 is 33.2 Å². The summed E-state index contributed by atoms with van der Waals surface area (Å²) in [5, 5.41) is 5.14. The number of anilines is 2. The Balaban J connectivity index is 1.98. The first-order valence-corrected chi connectivity index (χ1v) is 9.68. The van der Waals surface area contributed by atoms with Crippen molar-refractivity contribution in [3.05, 3.63) is 54.3 Å². The van der Waals surface area contributed by atoms with Gasteiger partial charge in [0, 0.05) is 18.5 Å². The first-order chi connectivity index (χ1) is 13.2. The van der Waals surface area contributed by atoms with Crippen LogP contribution < -0.4 is 15.4 Å². The monoisotopic (exact) mass is 409 g/mol. The molecule has 0 spiro atoms. The molecule has 2 aromatic rings. The minimum Gasteiger partial charge on any atom is -0.375 e. The lowest BCUT2D eigenvalue weighted by molar-refractivity contribution is -0.119. The van der Waals surface area contributed by atoms with E-state index in [0.29, 0.717) is 11.4 Å². The zero-order valence-corrected chi connectivity index (χ0v) is 16.0. The molecular weight excluding hydrogens is 389 g/mol. The van der Waals surface area contributed by atoms with E-state index >= 15 is 0 Å². The van der Waals surface area contributed by atoms with E-state index in [2.05, 4.69) is 15.4 Å². The molecule has 0 heterocycles. The molecule has 0 aromatic heterocycles. The SMILES string of the molecule is COCC(=O)Nc1ccc(NC(=O)[C@H](C)NS(=O)(=O)c2ccccc2F)cc1. The van der Waals surface area contributed by atoms with Crippen LogP contribution >= 0.6 is 0 Å². The maximum Gasteiger partial charge on any atom is 0.250 e.